The zero-order chi connectivity index (χ0) is 12.7. The Morgan fingerprint density at radius 3 is 1.94 bits per heavy atom. The first-order valence-corrected chi connectivity index (χ1v) is 4.71. The van der Waals surface area contributed by atoms with Gasteiger partial charge in [0.15, 0.2) is 5.82 Å². The monoisotopic (exact) mass is 256 g/mol. The van der Waals surface area contributed by atoms with Gasteiger partial charge < -0.3 is 5.11 Å². The van der Waals surface area contributed by atoms with Gasteiger partial charge >= 0.3 is 6.18 Å². The number of halogens is 5. The number of benzene rings is 1. The van der Waals surface area contributed by atoms with Crippen molar-refractivity contribution in [2.24, 2.45) is 0 Å². The Labute approximate surface area is 94.7 Å². The van der Waals surface area contributed by atoms with E-state index in [9.17, 15) is 22.7 Å². The Morgan fingerprint density at radius 2 is 1.56 bits per heavy atom. The van der Waals surface area contributed by atoms with Crippen LogP contribution in [-0.2, 0) is 11.8 Å². The smallest absolute Gasteiger partial charge is 0.386 e. The van der Waals surface area contributed by atoms with Crippen LogP contribution in [0.15, 0.2) is 12.1 Å². The zero-order valence-corrected chi connectivity index (χ0v) is 9.25. The highest BCUT2D eigenvalue weighted by Crippen LogP contribution is 2.38. The number of aliphatic hydroxyl groups is 1. The molecule has 1 N–H and O–H groups in total. The van der Waals surface area contributed by atoms with Crippen molar-refractivity contribution in [3.8, 4) is 0 Å². The van der Waals surface area contributed by atoms with Gasteiger partial charge in [0.05, 0.1) is 16.2 Å². The summed E-state index contributed by atoms with van der Waals surface area (Å²) in [6.07, 6.45) is -4.80. The van der Waals surface area contributed by atoms with E-state index in [1.807, 2.05) is 0 Å². The molecule has 0 fully saturated rings. The van der Waals surface area contributed by atoms with Crippen LogP contribution < -0.4 is 0 Å². The topological polar surface area (TPSA) is 20.2 Å². The number of hydrogen-bond donors (Lipinski definition) is 1. The lowest BCUT2D eigenvalue weighted by Gasteiger charge is -2.21. The van der Waals surface area contributed by atoms with E-state index < -0.39 is 28.2 Å². The van der Waals surface area contributed by atoms with Crippen LogP contribution in [0.4, 0.5) is 17.6 Å². The molecule has 90 valence electrons. The fraction of sp³-hybridized carbons (Fsp3) is 0.400. The second kappa shape index (κ2) is 3.89. The molecule has 1 rings (SSSR count). The predicted molar refractivity (Wildman–Crippen MR) is 51.7 cm³/mol. The van der Waals surface area contributed by atoms with Gasteiger partial charge in [0.25, 0.3) is 0 Å². The molecule has 6 heteroatoms. The molecule has 0 unspecified atom stereocenters. The third-order valence-electron chi connectivity index (χ3n) is 2.05. The summed E-state index contributed by atoms with van der Waals surface area (Å²) in [6.45, 7) is 2.61. The van der Waals surface area contributed by atoms with Gasteiger partial charge in [-0.1, -0.05) is 17.7 Å². The lowest BCUT2D eigenvalue weighted by Crippen LogP contribution is -2.18. The van der Waals surface area contributed by atoms with Gasteiger partial charge in [-0.15, -0.1) is 0 Å². The SMILES string of the molecule is CC(C)(O)c1ccc(C(F)(F)F)c(F)c1Cl. The van der Waals surface area contributed by atoms with E-state index in [4.69, 9.17) is 11.6 Å². The molecule has 0 aromatic heterocycles. The highest BCUT2D eigenvalue weighted by molar-refractivity contribution is 6.31. The molecule has 1 aromatic rings. The van der Waals surface area contributed by atoms with Crippen molar-refractivity contribution in [1.29, 1.82) is 0 Å². The number of alkyl halides is 3. The molecule has 1 nitrogen and oxygen atoms in total. The molecule has 0 aliphatic heterocycles. The number of rotatable bonds is 1. The van der Waals surface area contributed by atoms with Crippen molar-refractivity contribution in [1.82, 2.24) is 0 Å². The largest absolute Gasteiger partial charge is 0.419 e. The zero-order valence-electron chi connectivity index (χ0n) is 8.49. The molecule has 0 saturated carbocycles. The van der Waals surface area contributed by atoms with Gasteiger partial charge in [0, 0.05) is 5.56 Å². The van der Waals surface area contributed by atoms with Crippen molar-refractivity contribution >= 4 is 11.6 Å². The van der Waals surface area contributed by atoms with Crippen molar-refractivity contribution in [2.75, 3.05) is 0 Å². The summed E-state index contributed by atoms with van der Waals surface area (Å²) in [5.41, 5.74) is -3.02. The fourth-order valence-corrected chi connectivity index (χ4v) is 1.64. The number of hydrogen-bond acceptors (Lipinski definition) is 1. The fourth-order valence-electron chi connectivity index (χ4n) is 1.24. The van der Waals surface area contributed by atoms with E-state index >= 15 is 0 Å². The van der Waals surface area contributed by atoms with Gasteiger partial charge in [-0.3, -0.25) is 0 Å². The highest BCUT2D eigenvalue weighted by atomic mass is 35.5. The van der Waals surface area contributed by atoms with E-state index in [0.29, 0.717) is 6.07 Å². The highest BCUT2D eigenvalue weighted by Gasteiger charge is 2.36. The summed E-state index contributed by atoms with van der Waals surface area (Å²) >= 11 is 5.45. The molecule has 16 heavy (non-hydrogen) atoms. The van der Waals surface area contributed by atoms with Crippen molar-refractivity contribution in [3.05, 3.63) is 34.1 Å². The van der Waals surface area contributed by atoms with Crippen molar-refractivity contribution in [3.63, 3.8) is 0 Å². The minimum absolute atomic E-state index is 0.0836. The molecular formula is C10H9ClF4O. The molecule has 1 aromatic carbocycles. The Morgan fingerprint density at radius 1 is 1.12 bits per heavy atom. The predicted octanol–water partition coefficient (Wildman–Crippen LogP) is 3.73. The van der Waals surface area contributed by atoms with Crippen LogP contribution in [0.25, 0.3) is 0 Å². The molecule has 0 spiro atoms. The van der Waals surface area contributed by atoms with E-state index in [2.05, 4.69) is 0 Å². The lowest BCUT2D eigenvalue weighted by atomic mass is 9.96. The van der Waals surface area contributed by atoms with Crippen LogP contribution in [0.5, 0.6) is 0 Å². The quantitative estimate of drug-likeness (QED) is 0.759. The molecule has 0 radical (unpaired) electrons. The maximum atomic E-state index is 13.3. The first-order chi connectivity index (χ1) is 7.05. The van der Waals surface area contributed by atoms with Gasteiger partial charge in [-0.05, 0) is 19.9 Å². The Kier molecular flexibility index (Phi) is 3.22. The summed E-state index contributed by atoms with van der Waals surface area (Å²) < 4.78 is 50.2. The van der Waals surface area contributed by atoms with E-state index in [1.165, 1.54) is 13.8 Å². The van der Waals surface area contributed by atoms with Gasteiger partial charge in [-0.25, -0.2) is 4.39 Å². The van der Waals surface area contributed by atoms with Crippen LogP contribution in [0.3, 0.4) is 0 Å². The summed E-state index contributed by atoms with van der Waals surface area (Å²) in [5, 5.41) is 8.85. The van der Waals surface area contributed by atoms with Crippen LogP contribution in [0, 0.1) is 5.82 Å². The summed E-state index contributed by atoms with van der Waals surface area (Å²) in [6, 6.07) is 1.53. The van der Waals surface area contributed by atoms with Crippen molar-refractivity contribution in [2.45, 2.75) is 25.6 Å². The van der Waals surface area contributed by atoms with E-state index in [1.54, 1.807) is 0 Å². The average Bonchev–Trinajstić information content (AvgIpc) is 2.05. The lowest BCUT2D eigenvalue weighted by molar-refractivity contribution is -0.140. The molecule has 0 bridgehead atoms. The normalized spacial score (nSPS) is 13.0. The third-order valence-corrected chi connectivity index (χ3v) is 2.42. The van der Waals surface area contributed by atoms with Gasteiger partial charge in [0.2, 0.25) is 0 Å². The third kappa shape index (κ3) is 2.47. The van der Waals surface area contributed by atoms with Gasteiger partial charge in [-0.2, -0.15) is 13.2 Å². The Bertz CT molecular complexity index is 368. The maximum absolute atomic E-state index is 13.3. The summed E-state index contributed by atoms with van der Waals surface area (Å²) in [5.74, 6) is -1.56. The molecule has 0 saturated heterocycles. The minimum atomic E-state index is -4.80. The van der Waals surface area contributed by atoms with E-state index in [-0.39, 0.29) is 5.56 Å². The van der Waals surface area contributed by atoms with Gasteiger partial charge in [0.1, 0.15) is 0 Å². The molecule has 0 aliphatic carbocycles. The summed E-state index contributed by atoms with van der Waals surface area (Å²) in [7, 11) is 0. The Hall–Kier alpha value is -0.810. The standard InChI is InChI=1S/C10H9ClF4O/c1-9(2,16)5-3-4-6(10(13,14)15)8(12)7(5)11/h3-4,16H,1-2H3. The average molecular weight is 257 g/mol. The second-order valence-electron chi connectivity index (χ2n) is 3.85. The van der Waals surface area contributed by atoms with Crippen molar-refractivity contribution < 1.29 is 22.7 Å². The van der Waals surface area contributed by atoms with Crippen LogP contribution >= 0.6 is 11.6 Å². The van der Waals surface area contributed by atoms with Crippen LogP contribution in [-0.4, -0.2) is 5.11 Å². The van der Waals surface area contributed by atoms with E-state index in [0.717, 1.165) is 6.07 Å². The van der Waals surface area contributed by atoms with Crippen LogP contribution in [0.2, 0.25) is 5.02 Å². The first-order valence-electron chi connectivity index (χ1n) is 4.33. The summed E-state index contributed by atoms with van der Waals surface area (Å²) in [4.78, 5) is 0. The maximum Gasteiger partial charge on any atom is 0.419 e. The second-order valence-corrected chi connectivity index (χ2v) is 4.22. The molecule has 0 aliphatic rings. The molecule has 0 heterocycles. The minimum Gasteiger partial charge on any atom is -0.386 e. The Balaban J connectivity index is 3.41. The first kappa shape index (κ1) is 13.3. The van der Waals surface area contributed by atoms with Crippen LogP contribution in [0.1, 0.15) is 25.0 Å². The molecule has 0 atom stereocenters. The molecular weight excluding hydrogens is 248 g/mol. The molecule has 0 amide bonds.